The number of amidine groups is 1. The highest BCUT2D eigenvalue weighted by Gasteiger charge is 2.09. The van der Waals surface area contributed by atoms with Crippen LogP contribution in [0, 0.1) is 0 Å². The SMILES string of the molecule is CN=C(N)CCN1CCCCC1. The minimum Gasteiger partial charge on any atom is -0.387 e. The van der Waals surface area contributed by atoms with E-state index in [1.807, 2.05) is 0 Å². The highest BCUT2D eigenvalue weighted by molar-refractivity contribution is 5.80. The van der Waals surface area contributed by atoms with Gasteiger partial charge in [-0.05, 0) is 25.9 Å². The van der Waals surface area contributed by atoms with Gasteiger partial charge in [-0.2, -0.15) is 0 Å². The molecule has 0 atom stereocenters. The summed E-state index contributed by atoms with van der Waals surface area (Å²) in [7, 11) is 1.76. The first-order valence-corrected chi connectivity index (χ1v) is 4.76. The van der Waals surface area contributed by atoms with E-state index in [2.05, 4.69) is 9.89 Å². The lowest BCUT2D eigenvalue weighted by atomic mass is 10.1. The van der Waals surface area contributed by atoms with E-state index in [-0.39, 0.29) is 0 Å². The van der Waals surface area contributed by atoms with Gasteiger partial charge in [0.2, 0.25) is 0 Å². The maximum Gasteiger partial charge on any atom is 0.0946 e. The summed E-state index contributed by atoms with van der Waals surface area (Å²) in [5.41, 5.74) is 5.61. The second-order valence-corrected chi connectivity index (χ2v) is 3.37. The highest BCUT2D eigenvalue weighted by Crippen LogP contribution is 2.08. The molecule has 3 nitrogen and oxygen atoms in total. The zero-order valence-electron chi connectivity index (χ0n) is 7.92. The Balaban J connectivity index is 2.13. The van der Waals surface area contributed by atoms with Gasteiger partial charge in [0, 0.05) is 20.0 Å². The van der Waals surface area contributed by atoms with Crippen LogP contribution < -0.4 is 5.73 Å². The summed E-state index contributed by atoms with van der Waals surface area (Å²) in [5.74, 6) is 0.778. The van der Waals surface area contributed by atoms with Gasteiger partial charge in [-0.25, -0.2) is 0 Å². The normalized spacial score (nSPS) is 21.2. The molecule has 0 aliphatic carbocycles. The first-order chi connectivity index (χ1) is 5.83. The summed E-state index contributed by atoms with van der Waals surface area (Å²) < 4.78 is 0. The molecule has 0 aromatic carbocycles. The molecule has 0 unspecified atom stereocenters. The largest absolute Gasteiger partial charge is 0.387 e. The van der Waals surface area contributed by atoms with Crippen molar-refractivity contribution in [2.45, 2.75) is 25.7 Å². The van der Waals surface area contributed by atoms with Crippen LogP contribution in [0.15, 0.2) is 4.99 Å². The molecule has 1 heterocycles. The number of likely N-dealkylation sites (tertiary alicyclic amines) is 1. The van der Waals surface area contributed by atoms with Crippen LogP contribution in [0.2, 0.25) is 0 Å². The Labute approximate surface area is 74.6 Å². The lowest BCUT2D eigenvalue weighted by Crippen LogP contribution is -2.32. The lowest BCUT2D eigenvalue weighted by Gasteiger charge is -2.25. The van der Waals surface area contributed by atoms with Gasteiger partial charge < -0.3 is 10.6 Å². The van der Waals surface area contributed by atoms with E-state index in [0.29, 0.717) is 0 Å². The number of aliphatic imine (C=N–C) groups is 1. The summed E-state index contributed by atoms with van der Waals surface area (Å²) in [5, 5.41) is 0. The molecule has 0 aromatic rings. The van der Waals surface area contributed by atoms with Crippen molar-refractivity contribution in [2.24, 2.45) is 10.7 Å². The zero-order chi connectivity index (χ0) is 8.81. The Kier molecular flexibility index (Phi) is 4.08. The van der Waals surface area contributed by atoms with E-state index < -0.39 is 0 Å². The van der Waals surface area contributed by atoms with Crippen molar-refractivity contribution in [1.82, 2.24) is 4.90 Å². The van der Waals surface area contributed by atoms with Gasteiger partial charge in [0.25, 0.3) is 0 Å². The number of nitrogens with zero attached hydrogens (tertiary/aromatic N) is 2. The fourth-order valence-corrected chi connectivity index (χ4v) is 1.57. The van der Waals surface area contributed by atoms with Gasteiger partial charge >= 0.3 is 0 Å². The number of hydrogen-bond acceptors (Lipinski definition) is 2. The second-order valence-electron chi connectivity index (χ2n) is 3.37. The second kappa shape index (κ2) is 5.14. The molecule has 1 aliphatic heterocycles. The summed E-state index contributed by atoms with van der Waals surface area (Å²) >= 11 is 0. The minimum absolute atomic E-state index is 0.778. The van der Waals surface area contributed by atoms with Crippen LogP contribution in [-0.2, 0) is 0 Å². The molecule has 70 valence electrons. The van der Waals surface area contributed by atoms with Crippen LogP contribution in [0.25, 0.3) is 0 Å². The Hall–Kier alpha value is -0.570. The van der Waals surface area contributed by atoms with Crippen LogP contribution in [0.3, 0.4) is 0 Å². The summed E-state index contributed by atoms with van der Waals surface area (Å²) in [6, 6.07) is 0. The Bertz CT molecular complexity index is 148. The smallest absolute Gasteiger partial charge is 0.0946 e. The molecule has 3 heteroatoms. The minimum atomic E-state index is 0.778. The molecule has 1 aliphatic rings. The standard InChI is InChI=1S/C9H19N3/c1-11-9(10)5-8-12-6-3-2-4-7-12/h2-8H2,1H3,(H2,10,11). The number of rotatable bonds is 3. The van der Waals surface area contributed by atoms with Crippen molar-refractivity contribution in [3.63, 3.8) is 0 Å². The van der Waals surface area contributed by atoms with Crippen LogP contribution in [-0.4, -0.2) is 37.4 Å². The number of piperidine rings is 1. The van der Waals surface area contributed by atoms with Gasteiger partial charge in [0.1, 0.15) is 0 Å². The van der Waals surface area contributed by atoms with Crippen LogP contribution >= 0.6 is 0 Å². The van der Waals surface area contributed by atoms with Crippen LogP contribution in [0.5, 0.6) is 0 Å². The molecule has 0 saturated carbocycles. The summed E-state index contributed by atoms with van der Waals surface area (Å²) in [6.07, 6.45) is 5.02. The first kappa shape index (κ1) is 9.52. The van der Waals surface area contributed by atoms with Crippen molar-refractivity contribution in [3.8, 4) is 0 Å². The van der Waals surface area contributed by atoms with Crippen molar-refractivity contribution < 1.29 is 0 Å². The fraction of sp³-hybridized carbons (Fsp3) is 0.889. The predicted molar refractivity (Wildman–Crippen MR) is 52.5 cm³/mol. The van der Waals surface area contributed by atoms with Gasteiger partial charge in [0.15, 0.2) is 0 Å². The highest BCUT2D eigenvalue weighted by atomic mass is 15.1. The van der Waals surface area contributed by atoms with E-state index in [1.165, 1.54) is 32.4 Å². The molecule has 0 radical (unpaired) electrons. The van der Waals surface area contributed by atoms with Gasteiger partial charge in [-0.3, -0.25) is 4.99 Å². The molecule has 1 fully saturated rings. The van der Waals surface area contributed by atoms with E-state index >= 15 is 0 Å². The molecule has 12 heavy (non-hydrogen) atoms. The van der Waals surface area contributed by atoms with Crippen molar-refractivity contribution in [2.75, 3.05) is 26.7 Å². The third-order valence-electron chi connectivity index (χ3n) is 2.42. The topological polar surface area (TPSA) is 41.6 Å². The molecule has 1 saturated heterocycles. The lowest BCUT2D eigenvalue weighted by molar-refractivity contribution is 0.235. The van der Waals surface area contributed by atoms with Gasteiger partial charge in [0.05, 0.1) is 5.84 Å². The van der Waals surface area contributed by atoms with Crippen molar-refractivity contribution in [3.05, 3.63) is 0 Å². The maximum absolute atomic E-state index is 5.61. The van der Waals surface area contributed by atoms with E-state index in [0.717, 1.165) is 18.8 Å². The molecule has 2 N–H and O–H groups in total. The van der Waals surface area contributed by atoms with Gasteiger partial charge in [-0.1, -0.05) is 6.42 Å². The molecular weight excluding hydrogens is 150 g/mol. The average Bonchev–Trinajstić information content (AvgIpc) is 2.16. The maximum atomic E-state index is 5.61. The molecular formula is C9H19N3. The van der Waals surface area contributed by atoms with Crippen molar-refractivity contribution >= 4 is 5.84 Å². The third kappa shape index (κ3) is 3.22. The summed E-state index contributed by atoms with van der Waals surface area (Å²) in [6.45, 7) is 3.58. The zero-order valence-corrected chi connectivity index (χ0v) is 7.92. The van der Waals surface area contributed by atoms with E-state index in [9.17, 15) is 0 Å². The molecule has 0 bridgehead atoms. The molecule has 0 spiro atoms. The Morgan fingerprint density at radius 2 is 2.00 bits per heavy atom. The predicted octanol–water partition coefficient (Wildman–Crippen LogP) is 0.849. The van der Waals surface area contributed by atoms with Crippen molar-refractivity contribution in [1.29, 1.82) is 0 Å². The van der Waals surface area contributed by atoms with E-state index in [1.54, 1.807) is 7.05 Å². The fourth-order valence-electron chi connectivity index (χ4n) is 1.57. The van der Waals surface area contributed by atoms with Crippen LogP contribution in [0.1, 0.15) is 25.7 Å². The monoisotopic (exact) mass is 169 g/mol. The number of hydrogen-bond donors (Lipinski definition) is 1. The third-order valence-corrected chi connectivity index (χ3v) is 2.42. The van der Waals surface area contributed by atoms with Gasteiger partial charge in [-0.15, -0.1) is 0 Å². The molecule has 1 rings (SSSR count). The quantitative estimate of drug-likeness (QED) is 0.502. The first-order valence-electron chi connectivity index (χ1n) is 4.76. The number of nitrogens with two attached hydrogens (primary N) is 1. The van der Waals surface area contributed by atoms with E-state index in [4.69, 9.17) is 5.73 Å². The summed E-state index contributed by atoms with van der Waals surface area (Å²) in [4.78, 5) is 6.41. The van der Waals surface area contributed by atoms with Crippen LogP contribution in [0.4, 0.5) is 0 Å². The molecule has 0 aromatic heterocycles. The Morgan fingerprint density at radius 1 is 1.33 bits per heavy atom. The Morgan fingerprint density at radius 3 is 2.58 bits per heavy atom. The molecule has 0 amide bonds. The average molecular weight is 169 g/mol.